The fraction of sp³-hybridized carbons (Fsp3) is 0.588. The molecule has 3 N–H and O–H groups in total. The number of nitrogens with one attached hydrogen (secondary N) is 1. The van der Waals surface area contributed by atoms with Gasteiger partial charge in [-0.2, -0.15) is 0 Å². The van der Waals surface area contributed by atoms with Gasteiger partial charge in [-0.15, -0.1) is 0 Å². The predicted octanol–water partition coefficient (Wildman–Crippen LogP) is 2.80. The summed E-state index contributed by atoms with van der Waals surface area (Å²) in [7, 11) is 0. The van der Waals surface area contributed by atoms with Gasteiger partial charge in [-0.25, -0.2) is 8.78 Å². The molecule has 4 aliphatic rings. The molecular formula is C17H20F2N2O. The molecule has 0 aromatic heterocycles. The van der Waals surface area contributed by atoms with Crippen LogP contribution in [0, 0.1) is 11.8 Å². The molecule has 0 saturated heterocycles. The highest BCUT2D eigenvalue weighted by atomic mass is 19.3. The fourth-order valence-electron chi connectivity index (χ4n) is 3.98. The minimum atomic E-state index is -2.71. The van der Waals surface area contributed by atoms with E-state index in [9.17, 15) is 13.6 Å². The van der Waals surface area contributed by atoms with Gasteiger partial charge in [0.25, 0.3) is 5.92 Å². The fourth-order valence-corrected chi connectivity index (χ4v) is 3.98. The number of alkyl halides is 2. The summed E-state index contributed by atoms with van der Waals surface area (Å²) in [5, 5.41) is 3.36. The summed E-state index contributed by atoms with van der Waals surface area (Å²) in [6.45, 7) is 0. The lowest BCUT2D eigenvalue weighted by molar-refractivity contribution is -0.121. The van der Waals surface area contributed by atoms with Gasteiger partial charge in [0.1, 0.15) is 0 Å². The molecule has 0 bridgehead atoms. The first kappa shape index (κ1) is 14.0. The number of hydrogen-bond donors (Lipinski definition) is 2. The topological polar surface area (TPSA) is 55.1 Å². The van der Waals surface area contributed by atoms with E-state index in [1.165, 1.54) is 0 Å². The second-order valence-electron chi connectivity index (χ2n) is 6.83. The number of primary amides is 1. The van der Waals surface area contributed by atoms with Crippen molar-refractivity contribution in [3.63, 3.8) is 0 Å². The van der Waals surface area contributed by atoms with Crippen LogP contribution in [0.3, 0.4) is 0 Å². The maximum Gasteiger partial charge on any atom is 0.275 e. The van der Waals surface area contributed by atoms with Crippen LogP contribution in [0.1, 0.15) is 38.5 Å². The van der Waals surface area contributed by atoms with Crippen LogP contribution in [-0.4, -0.2) is 17.9 Å². The predicted molar refractivity (Wildman–Crippen MR) is 78.9 cm³/mol. The van der Waals surface area contributed by atoms with Crippen molar-refractivity contribution in [2.75, 3.05) is 0 Å². The van der Waals surface area contributed by atoms with E-state index >= 15 is 0 Å². The van der Waals surface area contributed by atoms with E-state index in [2.05, 4.69) is 5.32 Å². The van der Waals surface area contributed by atoms with Crippen LogP contribution in [0.5, 0.6) is 0 Å². The number of carbonyl (C=O) groups is 1. The molecule has 1 saturated carbocycles. The largest absolute Gasteiger partial charge is 0.380 e. The van der Waals surface area contributed by atoms with Gasteiger partial charge < -0.3 is 11.1 Å². The van der Waals surface area contributed by atoms with Crippen molar-refractivity contribution in [3.05, 3.63) is 34.6 Å². The number of rotatable bonds is 3. The van der Waals surface area contributed by atoms with Crippen LogP contribution in [0.15, 0.2) is 34.6 Å². The normalized spacial score (nSPS) is 31.0. The van der Waals surface area contributed by atoms with E-state index in [1.807, 2.05) is 0 Å². The molecule has 0 radical (unpaired) electrons. The standard InChI is InChI=1S/C17H20F2N2O/c18-17(19,9-4-5-9)10-6-7-14-13(8-10)11-2-1-3-12(16(20)22)15(11)21-14/h6,8-9,12,14,21H,1-5,7H2,(H2,20,22)/t12-,14?/m0/s1. The van der Waals surface area contributed by atoms with Gasteiger partial charge in [-0.05, 0) is 55.7 Å². The number of carbonyl (C=O) groups excluding carboxylic acids is 1. The highest BCUT2D eigenvalue weighted by Gasteiger charge is 2.50. The first-order valence-corrected chi connectivity index (χ1v) is 8.07. The number of amides is 1. The average Bonchev–Trinajstić information content (AvgIpc) is 3.28. The highest BCUT2D eigenvalue weighted by molar-refractivity contribution is 5.81. The van der Waals surface area contributed by atoms with Gasteiger partial charge in [0.05, 0.1) is 12.0 Å². The highest BCUT2D eigenvalue weighted by Crippen LogP contribution is 2.50. The Morgan fingerprint density at radius 2 is 2.09 bits per heavy atom. The number of hydrogen-bond acceptors (Lipinski definition) is 2. The average molecular weight is 306 g/mol. The van der Waals surface area contributed by atoms with Crippen molar-refractivity contribution < 1.29 is 13.6 Å². The number of nitrogens with two attached hydrogens (primary N) is 1. The Balaban J connectivity index is 1.69. The second-order valence-corrected chi connectivity index (χ2v) is 6.83. The molecule has 0 spiro atoms. The molecule has 1 aliphatic heterocycles. The van der Waals surface area contributed by atoms with E-state index in [0.29, 0.717) is 19.3 Å². The zero-order valence-electron chi connectivity index (χ0n) is 12.4. The Morgan fingerprint density at radius 3 is 2.77 bits per heavy atom. The van der Waals surface area contributed by atoms with Crippen molar-refractivity contribution in [2.45, 2.75) is 50.5 Å². The molecule has 2 atom stereocenters. The molecule has 0 aromatic carbocycles. The summed E-state index contributed by atoms with van der Waals surface area (Å²) in [6.07, 6.45) is 7.61. The molecule has 3 aliphatic carbocycles. The third-order valence-corrected chi connectivity index (χ3v) is 5.35. The monoisotopic (exact) mass is 306 g/mol. The molecule has 22 heavy (non-hydrogen) atoms. The van der Waals surface area contributed by atoms with Crippen LogP contribution in [0.2, 0.25) is 0 Å². The lowest BCUT2D eigenvalue weighted by atomic mass is 9.82. The molecule has 0 aromatic rings. The zero-order valence-corrected chi connectivity index (χ0v) is 12.4. The molecular weight excluding hydrogens is 286 g/mol. The lowest BCUT2D eigenvalue weighted by Crippen LogP contribution is -2.34. The van der Waals surface area contributed by atoms with Crippen LogP contribution in [0.4, 0.5) is 8.78 Å². The minimum Gasteiger partial charge on any atom is -0.380 e. The second kappa shape index (κ2) is 4.67. The van der Waals surface area contributed by atoms with E-state index in [4.69, 9.17) is 5.73 Å². The Bertz CT molecular complexity index is 629. The molecule has 1 heterocycles. The summed E-state index contributed by atoms with van der Waals surface area (Å²) < 4.78 is 28.7. The van der Waals surface area contributed by atoms with Crippen molar-refractivity contribution in [3.8, 4) is 0 Å². The van der Waals surface area contributed by atoms with E-state index in [1.54, 1.807) is 12.2 Å². The molecule has 1 amide bonds. The quantitative estimate of drug-likeness (QED) is 0.842. The Morgan fingerprint density at radius 1 is 1.32 bits per heavy atom. The first-order chi connectivity index (χ1) is 10.5. The van der Waals surface area contributed by atoms with Gasteiger partial charge >= 0.3 is 0 Å². The van der Waals surface area contributed by atoms with Crippen molar-refractivity contribution in [1.29, 1.82) is 0 Å². The first-order valence-electron chi connectivity index (χ1n) is 8.07. The van der Waals surface area contributed by atoms with Crippen molar-refractivity contribution in [1.82, 2.24) is 5.32 Å². The minimum absolute atomic E-state index is 0.0312. The van der Waals surface area contributed by atoms with Crippen LogP contribution >= 0.6 is 0 Å². The zero-order chi connectivity index (χ0) is 15.5. The van der Waals surface area contributed by atoms with Crippen molar-refractivity contribution >= 4 is 5.91 Å². The SMILES string of the molecule is NC(=O)[C@H]1CCCC2=C1NC1CC=C(C(F)(F)C3CC3)C=C21. The Kier molecular flexibility index (Phi) is 2.97. The number of fused-ring (bicyclic) bond motifs is 2. The molecule has 3 nitrogen and oxygen atoms in total. The maximum absolute atomic E-state index is 14.4. The number of halogens is 2. The molecule has 5 heteroatoms. The summed E-state index contributed by atoms with van der Waals surface area (Å²) in [5.41, 5.74) is 8.55. The maximum atomic E-state index is 14.4. The summed E-state index contributed by atoms with van der Waals surface area (Å²) in [6, 6.07) is 0.0312. The van der Waals surface area contributed by atoms with E-state index in [0.717, 1.165) is 36.1 Å². The Hall–Kier alpha value is -1.65. The van der Waals surface area contributed by atoms with Crippen LogP contribution < -0.4 is 11.1 Å². The van der Waals surface area contributed by atoms with Gasteiger partial charge in [-0.1, -0.05) is 6.08 Å². The van der Waals surface area contributed by atoms with Gasteiger partial charge in [-0.3, -0.25) is 4.79 Å². The smallest absolute Gasteiger partial charge is 0.275 e. The van der Waals surface area contributed by atoms with Gasteiger partial charge in [0, 0.05) is 17.2 Å². The van der Waals surface area contributed by atoms with Gasteiger partial charge in [0.15, 0.2) is 0 Å². The molecule has 118 valence electrons. The Labute approximate surface area is 128 Å². The van der Waals surface area contributed by atoms with Crippen molar-refractivity contribution in [2.24, 2.45) is 17.6 Å². The molecule has 1 fully saturated rings. The van der Waals surface area contributed by atoms with Crippen LogP contribution in [0.25, 0.3) is 0 Å². The summed E-state index contributed by atoms with van der Waals surface area (Å²) >= 11 is 0. The summed E-state index contributed by atoms with van der Waals surface area (Å²) in [5.74, 6) is -3.81. The number of allylic oxidation sites excluding steroid dienone is 2. The van der Waals surface area contributed by atoms with Gasteiger partial charge in [0.2, 0.25) is 5.91 Å². The van der Waals surface area contributed by atoms with E-state index < -0.39 is 11.8 Å². The summed E-state index contributed by atoms with van der Waals surface area (Å²) in [4.78, 5) is 11.6. The molecule has 4 rings (SSSR count). The van der Waals surface area contributed by atoms with E-state index in [-0.39, 0.29) is 23.4 Å². The third kappa shape index (κ3) is 2.02. The van der Waals surface area contributed by atoms with Crippen LogP contribution in [-0.2, 0) is 4.79 Å². The third-order valence-electron chi connectivity index (χ3n) is 5.35. The lowest BCUT2D eigenvalue weighted by Gasteiger charge is -2.24. The molecule has 1 unspecified atom stereocenters.